The van der Waals surface area contributed by atoms with Crippen molar-refractivity contribution in [1.82, 2.24) is 5.32 Å². The predicted molar refractivity (Wildman–Crippen MR) is 25.8 cm³/mol. The van der Waals surface area contributed by atoms with Crippen LogP contribution in [-0.2, 0) is 0 Å². The number of hydrogen-bond acceptors (Lipinski definition) is 2. The first kappa shape index (κ1) is 4.33. The van der Waals surface area contributed by atoms with Gasteiger partial charge in [0.25, 0.3) is 0 Å². The number of amidine groups is 1. The average molecular weight is 97.1 g/mol. The van der Waals surface area contributed by atoms with Crippen molar-refractivity contribution in [2.75, 3.05) is 6.61 Å². The molecule has 0 unspecified atom stereocenters. The molecule has 0 aromatic rings. The molecule has 1 aliphatic rings. The lowest BCUT2D eigenvalue weighted by atomic mass is 10.6. The van der Waals surface area contributed by atoms with E-state index in [4.69, 9.17) is 5.11 Å². The van der Waals surface area contributed by atoms with E-state index >= 15 is 0 Å². The second kappa shape index (κ2) is 1.75. The van der Waals surface area contributed by atoms with Crippen molar-refractivity contribution in [2.24, 2.45) is 4.99 Å². The van der Waals surface area contributed by atoms with E-state index in [2.05, 4.69) is 10.3 Å². The molecule has 1 radical (unpaired) electrons. The standard InChI is InChI=1S/C4H5N2O/c7-3-4-5-1-2-6-4/h1-2,7H,3H2. The summed E-state index contributed by atoms with van der Waals surface area (Å²) in [6, 6.07) is 0. The van der Waals surface area contributed by atoms with E-state index in [0.717, 1.165) is 0 Å². The number of hydrogen-bond donors (Lipinski definition) is 1. The maximum Gasteiger partial charge on any atom is 0.153 e. The number of aliphatic hydroxyl groups excluding tert-OH is 1. The van der Waals surface area contributed by atoms with Gasteiger partial charge < -0.3 is 5.11 Å². The molecule has 3 heteroatoms. The fraction of sp³-hybridized carbons (Fsp3) is 0.250. The van der Waals surface area contributed by atoms with Crippen molar-refractivity contribution in [3.05, 3.63) is 12.4 Å². The van der Waals surface area contributed by atoms with Gasteiger partial charge in [-0.1, -0.05) is 0 Å². The maximum absolute atomic E-state index is 8.30. The highest BCUT2D eigenvalue weighted by atomic mass is 16.3. The Hall–Kier alpha value is -0.830. The SMILES string of the molecule is OCC1=NC=C[N]1. The van der Waals surface area contributed by atoms with Gasteiger partial charge in [0.2, 0.25) is 0 Å². The lowest BCUT2D eigenvalue weighted by Gasteiger charge is -1.86. The second-order valence-corrected chi connectivity index (χ2v) is 1.13. The minimum Gasteiger partial charge on any atom is -0.388 e. The molecule has 1 heterocycles. The first-order valence-electron chi connectivity index (χ1n) is 1.97. The van der Waals surface area contributed by atoms with Crippen LogP contribution in [0.4, 0.5) is 0 Å². The number of nitrogens with zero attached hydrogens (tertiary/aromatic N) is 2. The normalized spacial score (nSPS) is 16.4. The number of rotatable bonds is 1. The number of aliphatic hydroxyl groups is 1. The lowest BCUT2D eigenvalue weighted by molar-refractivity contribution is 0.354. The van der Waals surface area contributed by atoms with E-state index in [0.29, 0.717) is 5.84 Å². The van der Waals surface area contributed by atoms with Crippen LogP contribution in [0, 0.1) is 0 Å². The molecule has 0 spiro atoms. The molecule has 0 bridgehead atoms. The quantitative estimate of drug-likeness (QED) is 0.469. The molecule has 0 amide bonds. The van der Waals surface area contributed by atoms with Gasteiger partial charge in [0.15, 0.2) is 5.84 Å². The van der Waals surface area contributed by atoms with Crippen LogP contribution in [0.3, 0.4) is 0 Å². The summed E-state index contributed by atoms with van der Waals surface area (Å²) in [6.07, 6.45) is 3.09. The van der Waals surface area contributed by atoms with Gasteiger partial charge >= 0.3 is 0 Å². The molecule has 0 saturated heterocycles. The minimum absolute atomic E-state index is 0.0625. The third-order valence-corrected chi connectivity index (χ3v) is 0.655. The van der Waals surface area contributed by atoms with Gasteiger partial charge in [-0.25, -0.2) is 10.3 Å². The lowest BCUT2D eigenvalue weighted by Crippen LogP contribution is -2.10. The van der Waals surface area contributed by atoms with Crippen LogP contribution in [0.1, 0.15) is 0 Å². The van der Waals surface area contributed by atoms with Gasteiger partial charge in [0, 0.05) is 12.4 Å². The average Bonchev–Trinajstić information content (AvgIpc) is 2.14. The Morgan fingerprint density at radius 1 is 1.57 bits per heavy atom. The zero-order chi connectivity index (χ0) is 5.11. The van der Waals surface area contributed by atoms with Crippen molar-refractivity contribution in [1.29, 1.82) is 0 Å². The summed E-state index contributed by atoms with van der Waals surface area (Å²) in [5, 5.41) is 12.0. The summed E-state index contributed by atoms with van der Waals surface area (Å²) in [4.78, 5) is 3.67. The Kier molecular flexibility index (Phi) is 1.08. The van der Waals surface area contributed by atoms with Crippen LogP contribution < -0.4 is 5.32 Å². The Morgan fingerprint density at radius 2 is 2.43 bits per heavy atom. The summed E-state index contributed by atoms with van der Waals surface area (Å²) < 4.78 is 0. The molecule has 3 nitrogen and oxygen atoms in total. The highest BCUT2D eigenvalue weighted by Gasteiger charge is 1.96. The van der Waals surface area contributed by atoms with Crippen LogP contribution in [0.25, 0.3) is 0 Å². The summed E-state index contributed by atoms with van der Waals surface area (Å²) in [7, 11) is 0. The predicted octanol–water partition coefficient (Wildman–Crippen LogP) is -0.534. The molecule has 0 atom stereocenters. The summed E-state index contributed by atoms with van der Waals surface area (Å²) >= 11 is 0. The van der Waals surface area contributed by atoms with Crippen LogP contribution in [0.5, 0.6) is 0 Å². The Bertz CT molecular complexity index is 117. The van der Waals surface area contributed by atoms with Gasteiger partial charge in [0.05, 0.1) is 0 Å². The second-order valence-electron chi connectivity index (χ2n) is 1.13. The zero-order valence-electron chi connectivity index (χ0n) is 3.70. The Labute approximate surface area is 41.4 Å². The van der Waals surface area contributed by atoms with Gasteiger partial charge in [-0.05, 0) is 0 Å². The largest absolute Gasteiger partial charge is 0.388 e. The van der Waals surface area contributed by atoms with Gasteiger partial charge in [-0.2, -0.15) is 0 Å². The third-order valence-electron chi connectivity index (χ3n) is 0.655. The Balaban J connectivity index is 2.45. The van der Waals surface area contributed by atoms with Crippen LogP contribution in [-0.4, -0.2) is 17.5 Å². The van der Waals surface area contributed by atoms with E-state index in [1.54, 1.807) is 12.4 Å². The molecular formula is C4H5N2O. The molecule has 1 rings (SSSR count). The van der Waals surface area contributed by atoms with Crippen LogP contribution in [0.2, 0.25) is 0 Å². The van der Waals surface area contributed by atoms with E-state index in [-0.39, 0.29) is 6.61 Å². The zero-order valence-corrected chi connectivity index (χ0v) is 3.70. The first-order valence-corrected chi connectivity index (χ1v) is 1.97. The van der Waals surface area contributed by atoms with Gasteiger partial charge in [-0.15, -0.1) is 0 Å². The fourth-order valence-corrected chi connectivity index (χ4v) is 0.354. The molecule has 37 valence electrons. The molecule has 0 saturated carbocycles. The van der Waals surface area contributed by atoms with Crippen molar-refractivity contribution in [2.45, 2.75) is 0 Å². The van der Waals surface area contributed by atoms with E-state index in [9.17, 15) is 0 Å². The molecule has 0 aromatic heterocycles. The first-order chi connectivity index (χ1) is 3.43. The minimum atomic E-state index is -0.0625. The molecule has 0 aromatic carbocycles. The maximum atomic E-state index is 8.30. The fourth-order valence-electron chi connectivity index (χ4n) is 0.354. The van der Waals surface area contributed by atoms with Crippen molar-refractivity contribution >= 4 is 5.84 Å². The highest BCUT2D eigenvalue weighted by molar-refractivity contribution is 5.85. The molecule has 7 heavy (non-hydrogen) atoms. The Morgan fingerprint density at radius 3 is 2.71 bits per heavy atom. The molecule has 1 aliphatic heterocycles. The van der Waals surface area contributed by atoms with Crippen LogP contribution >= 0.6 is 0 Å². The summed E-state index contributed by atoms with van der Waals surface area (Å²) in [5.41, 5.74) is 0. The molecular weight excluding hydrogens is 92.1 g/mol. The summed E-state index contributed by atoms with van der Waals surface area (Å²) in [5.74, 6) is 0.486. The van der Waals surface area contributed by atoms with E-state index in [1.807, 2.05) is 0 Å². The highest BCUT2D eigenvalue weighted by Crippen LogP contribution is 1.85. The molecule has 0 aliphatic carbocycles. The third kappa shape index (κ3) is 0.778. The van der Waals surface area contributed by atoms with Crippen molar-refractivity contribution in [3.63, 3.8) is 0 Å². The van der Waals surface area contributed by atoms with Crippen molar-refractivity contribution < 1.29 is 5.11 Å². The summed E-state index contributed by atoms with van der Waals surface area (Å²) in [6.45, 7) is -0.0625. The van der Waals surface area contributed by atoms with Crippen LogP contribution in [0.15, 0.2) is 17.4 Å². The number of aliphatic imine (C=N–C) groups is 1. The molecule has 1 N–H and O–H groups in total. The topological polar surface area (TPSA) is 46.7 Å². The van der Waals surface area contributed by atoms with E-state index in [1.165, 1.54) is 0 Å². The van der Waals surface area contributed by atoms with Crippen molar-refractivity contribution in [3.8, 4) is 0 Å². The van der Waals surface area contributed by atoms with Gasteiger partial charge in [0.1, 0.15) is 6.61 Å². The smallest absolute Gasteiger partial charge is 0.153 e. The monoisotopic (exact) mass is 97.0 g/mol. The molecule has 0 fully saturated rings. The van der Waals surface area contributed by atoms with E-state index < -0.39 is 0 Å². The van der Waals surface area contributed by atoms with Gasteiger partial charge in [-0.3, -0.25) is 0 Å².